The molecule has 1 atom stereocenters. The summed E-state index contributed by atoms with van der Waals surface area (Å²) in [6.45, 7) is 3.86. The third kappa shape index (κ3) is 4.95. The number of benzene rings is 1. The van der Waals surface area contributed by atoms with Crippen LogP contribution in [0.1, 0.15) is 29.6 Å². The Labute approximate surface area is 184 Å². The second-order valence-electron chi connectivity index (χ2n) is 8.62. The molecule has 2 fully saturated rings. The molecule has 1 unspecified atom stereocenters. The number of aromatic amines is 1. The molecule has 0 bridgehead atoms. The summed E-state index contributed by atoms with van der Waals surface area (Å²) in [6.07, 6.45) is 5.83. The van der Waals surface area contributed by atoms with Gasteiger partial charge in [-0.25, -0.2) is 12.7 Å². The van der Waals surface area contributed by atoms with Crippen LogP contribution in [0.2, 0.25) is 0 Å². The molecule has 9 heteroatoms. The molecule has 0 spiro atoms. The van der Waals surface area contributed by atoms with Crippen molar-refractivity contribution < 1.29 is 17.9 Å². The van der Waals surface area contributed by atoms with E-state index in [4.69, 9.17) is 4.74 Å². The fourth-order valence-electron chi connectivity index (χ4n) is 4.81. The normalized spacial score (nSPS) is 21.2. The van der Waals surface area contributed by atoms with Gasteiger partial charge in [0, 0.05) is 81.2 Å². The first kappa shape index (κ1) is 22.3. The molecule has 2 aromatic rings. The van der Waals surface area contributed by atoms with E-state index in [1.165, 1.54) is 6.26 Å². The van der Waals surface area contributed by atoms with Crippen LogP contribution in [0.5, 0.6) is 0 Å². The van der Waals surface area contributed by atoms with E-state index in [-0.39, 0.29) is 11.9 Å². The number of aromatic nitrogens is 1. The van der Waals surface area contributed by atoms with Crippen molar-refractivity contribution in [2.75, 3.05) is 52.7 Å². The lowest BCUT2D eigenvalue weighted by Crippen LogP contribution is -2.50. The minimum atomic E-state index is -3.18. The molecule has 2 aliphatic rings. The summed E-state index contributed by atoms with van der Waals surface area (Å²) in [4.78, 5) is 20.5. The average molecular weight is 449 g/mol. The number of nitrogens with zero attached hydrogens (tertiary/aromatic N) is 3. The Bertz CT molecular complexity index is 1020. The van der Waals surface area contributed by atoms with Gasteiger partial charge in [-0.1, -0.05) is 6.07 Å². The SMILES string of the molecule is CN(CCN(C1CCOCC1)C1CCN(S(C)(=O)=O)C1)C(=O)c1cccc2[nH]ccc12. The number of H-pyrrole nitrogens is 1. The van der Waals surface area contributed by atoms with Crippen LogP contribution in [0.4, 0.5) is 0 Å². The first-order valence-corrected chi connectivity index (χ1v) is 12.8. The average Bonchev–Trinajstić information content (AvgIpc) is 3.43. The van der Waals surface area contributed by atoms with Gasteiger partial charge in [0.25, 0.3) is 5.91 Å². The van der Waals surface area contributed by atoms with E-state index in [1.54, 1.807) is 9.21 Å². The van der Waals surface area contributed by atoms with Crippen molar-refractivity contribution >= 4 is 26.8 Å². The molecule has 1 aromatic heterocycles. The number of likely N-dealkylation sites (N-methyl/N-ethyl adjacent to an activating group) is 1. The quantitative estimate of drug-likeness (QED) is 0.698. The predicted octanol–water partition coefficient (Wildman–Crippen LogP) is 1.75. The number of nitrogens with one attached hydrogen (secondary N) is 1. The van der Waals surface area contributed by atoms with Crippen LogP contribution in [0.15, 0.2) is 30.5 Å². The van der Waals surface area contributed by atoms with Gasteiger partial charge in [-0.15, -0.1) is 0 Å². The Morgan fingerprint density at radius 1 is 1.16 bits per heavy atom. The van der Waals surface area contributed by atoms with Gasteiger partial charge in [-0.05, 0) is 37.5 Å². The van der Waals surface area contributed by atoms with Crippen LogP contribution >= 0.6 is 0 Å². The van der Waals surface area contributed by atoms with E-state index in [0.717, 1.165) is 49.9 Å². The zero-order chi connectivity index (χ0) is 22.0. The number of hydrogen-bond acceptors (Lipinski definition) is 5. The molecule has 1 amide bonds. The number of sulfonamides is 1. The number of carbonyl (C=O) groups excluding carboxylic acids is 1. The van der Waals surface area contributed by atoms with Crippen molar-refractivity contribution in [1.82, 2.24) is 19.1 Å². The summed E-state index contributed by atoms with van der Waals surface area (Å²) in [6, 6.07) is 8.19. The van der Waals surface area contributed by atoms with E-state index in [0.29, 0.717) is 31.2 Å². The molecule has 3 heterocycles. The van der Waals surface area contributed by atoms with Crippen LogP contribution in [0.25, 0.3) is 10.9 Å². The standard InChI is InChI=1S/C22H32N4O4S/c1-24(22(27)20-4-3-5-21-19(20)6-10-23-21)12-13-26(17-8-14-30-15-9-17)18-7-11-25(16-18)31(2,28)29/h3-6,10,17-18,23H,7-9,11-16H2,1-2H3. The minimum Gasteiger partial charge on any atom is -0.381 e. The molecule has 0 aliphatic carbocycles. The van der Waals surface area contributed by atoms with Crippen molar-refractivity contribution in [3.63, 3.8) is 0 Å². The number of carbonyl (C=O) groups is 1. The molecule has 4 rings (SSSR count). The van der Waals surface area contributed by atoms with Gasteiger partial charge in [-0.2, -0.15) is 0 Å². The first-order chi connectivity index (χ1) is 14.8. The van der Waals surface area contributed by atoms with Gasteiger partial charge < -0.3 is 14.6 Å². The first-order valence-electron chi connectivity index (χ1n) is 10.9. The third-order valence-electron chi connectivity index (χ3n) is 6.59. The Morgan fingerprint density at radius 3 is 2.65 bits per heavy atom. The minimum absolute atomic E-state index is 0.00121. The molecule has 0 radical (unpaired) electrons. The second kappa shape index (κ2) is 9.28. The largest absolute Gasteiger partial charge is 0.381 e. The third-order valence-corrected chi connectivity index (χ3v) is 7.86. The Morgan fingerprint density at radius 2 is 1.94 bits per heavy atom. The lowest BCUT2D eigenvalue weighted by molar-refractivity contribution is 0.0158. The number of fused-ring (bicyclic) bond motifs is 1. The van der Waals surface area contributed by atoms with E-state index in [9.17, 15) is 13.2 Å². The highest BCUT2D eigenvalue weighted by Gasteiger charge is 2.36. The van der Waals surface area contributed by atoms with Gasteiger partial charge in [0.1, 0.15) is 0 Å². The summed E-state index contributed by atoms with van der Waals surface area (Å²) in [5.74, 6) is 0.00121. The topological polar surface area (TPSA) is 85.9 Å². The lowest BCUT2D eigenvalue weighted by atomic mass is 10.0. The molecular weight excluding hydrogens is 416 g/mol. The molecule has 2 saturated heterocycles. The Balaban J connectivity index is 1.45. The highest BCUT2D eigenvalue weighted by Crippen LogP contribution is 2.25. The Hall–Kier alpha value is -1.94. The zero-order valence-corrected chi connectivity index (χ0v) is 19.1. The van der Waals surface area contributed by atoms with E-state index in [1.807, 2.05) is 37.5 Å². The molecule has 8 nitrogen and oxygen atoms in total. The van der Waals surface area contributed by atoms with Crippen LogP contribution in [-0.2, 0) is 14.8 Å². The van der Waals surface area contributed by atoms with E-state index < -0.39 is 10.0 Å². The van der Waals surface area contributed by atoms with Gasteiger partial charge in [-0.3, -0.25) is 9.69 Å². The molecule has 0 saturated carbocycles. The number of ether oxygens (including phenoxy) is 1. The zero-order valence-electron chi connectivity index (χ0n) is 18.3. The van der Waals surface area contributed by atoms with Gasteiger partial charge >= 0.3 is 0 Å². The lowest BCUT2D eigenvalue weighted by Gasteiger charge is -2.39. The molecule has 1 N–H and O–H groups in total. The van der Waals surface area contributed by atoms with Gasteiger partial charge in [0.15, 0.2) is 0 Å². The van der Waals surface area contributed by atoms with Crippen molar-refractivity contribution in [3.8, 4) is 0 Å². The fourth-order valence-corrected chi connectivity index (χ4v) is 5.69. The molecule has 1 aromatic carbocycles. The summed E-state index contributed by atoms with van der Waals surface area (Å²) in [7, 11) is -1.34. The van der Waals surface area contributed by atoms with Crippen LogP contribution in [-0.4, -0.2) is 98.2 Å². The van der Waals surface area contributed by atoms with Crippen molar-refractivity contribution in [1.29, 1.82) is 0 Å². The van der Waals surface area contributed by atoms with Crippen molar-refractivity contribution in [2.45, 2.75) is 31.3 Å². The monoisotopic (exact) mass is 448 g/mol. The molecule has 31 heavy (non-hydrogen) atoms. The number of hydrogen-bond donors (Lipinski definition) is 1. The predicted molar refractivity (Wildman–Crippen MR) is 121 cm³/mol. The van der Waals surface area contributed by atoms with Crippen LogP contribution in [0, 0.1) is 0 Å². The maximum absolute atomic E-state index is 13.1. The summed E-state index contributed by atoms with van der Waals surface area (Å²) in [5, 5.41) is 0.931. The maximum atomic E-state index is 13.1. The van der Waals surface area contributed by atoms with Gasteiger partial charge in [0.05, 0.1) is 6.26 Å². The van der Waals surface area contributed by atoms with Crippen LogP contribution < -0.4 is 0 Å². The molecule has 170 valence electrons. The molecule has 2 aliphatic heterocycles. The van der Waals surface area contributed by atoms with E-state index in [2.05, 4.69) is 9.88 Å². The number of rotatable bonds is 7. The maximum Gasteiger partial charge on any atom is 0.254 e. The smallest absolute Gasteiger partial charge is 0.254 e. The van der Waals surface area contributed by atoms with E-state index >= 15 is 0 Å². The van der Waals surface area contributed by atoms with Crippen molar-refractivity contribution in [2.24, 2.45) is 0 Å². The summed E-state index contributed by atoms with van der Waals surface area (Å²) in [5.41, 5.74) is 1.65. The Kier molecular flexibility index (Phi) is 6.66. The highest BCUT2D eigenvalue weighted by molar-refractivity contribution is 7.88. The van der Waals surface area contributed by atoms with Crippen LogP contribution in [0.3, 0.4) is 0 Å². The fraction of sp³-hybridized carbons (Fsp3) is 0.591. The second-order valence-corrected chi connectivity index (χ2v) is 10.6. The summed E-state index contributed by atoms with van der Waals surface area (Å²) < 4.78 is 31.1. The van der Waals surface area contributed by atoms with Crippen molar-refractivity contribution in [3.05, 3.63) is 36.0 Å². The summed E-state index contributed by atoms with van der Waals surface area (Å²) >= 11 is 0. The highest BCUT2D eigenvalue weighted by atomic mass is 32.2. The number of amides is 1. The van der Waals surface area contributed by atoms with Gasteiger partial charge in [0.2, 0.25) is 10.0 Å². The molecular formula is C22H32N4O4S.